The van der Waals surface area contributed by atoms with Crippen LogP contribution < -0.4 is 5.56 Å². The molecule has 0 fully saturated rings. The van der Waals surface area contributed by atoms with Gasteiger partial charge in [0.05, 0.1) is 11.9 Å². The molecular weight excluding hydrogens is 315 g/mol. The Kier molecular flexibility index (Phi) is 4.76. The van der Waals surface area contributed by atoms with Gasteiger partial charge < -0.3 is 4.98 Å². The summed E-state index contributed by atoms with van der Waals surface area (Å²) in [5, 5.41) is 5.22. The van der Waals surface area contributed by atoms with Gasteiger partial charge in [-0.2, -0.15) is 5.10 Å². The number of hydrogen-bond donors (Lipinski definition) is 1. The lowest BCUT2D eigenvalue weighted by molar-refractivity contribution is 0.627. The van der Waals surface area contributed by atoms with Crippen molar-refractivity contribution in [3.63, 3.8) is 0 Å². The fraction of sp³-hybridized carbons (Fsp3) is 0.312. The maximum Gasteiger partial charge on any atom is 0.262 e. The Morgan fingerprint density at radius 3 is 2.78 bits per heavy atom. The summed E-state index contributed by atoms with van der Waals surface area (Å²) in [6.07, 6.45) is 4.88. The van der Waals surface area contributed by atoms with Crippen LogP contribution in [0, 0.1) is 5.82 Å². The standard InChI is InChI=1S/C16H17FN4OS/c1-2-3-4-9-23-16-19-14-13(15(22)20-16)10-18-21(14)12-7-5-11(17)6-8-12/h5-8,10H,2-4,9H2,1H3,(H,19,20,22). The first-order valence-electron chi connectivity index (χ1n) is 7.56. The molecule has 1 aromatic carbocycles. The molecular formula is C16H17FN4OS. The molecule has 5 nitrogen and oxygen atoms in total. The average molecular weight is 332 g/mol. The van der Waals surface area contributed by atoms with E-state index in [1.807, 2.05) is 0 Å². The predicted octanol–water partition coefficient (Wildman–Crippen LogP) is 3.53. The fourth-order valence-corrected chi connectivity index (χ4v) is 3.12. The maximum absolute atomic E-state index is 13.1. The van der Waals surface area contributed by atoms with E-state index < -0.39 is 0 Å². The topological polar surface area (TPSA) is 63.6 Å². The molecule has 0 saturated heterocycles. The van der Waals surface area contributed by atoms with Gasteiger partial charge in [-0.05, 0) is 30.7 Å². The number of nitrogens with zero attached hydrogens (tertiary/aromatic N) is 3. The molecule has 0 aliphatic heterocycles. The highest BCUT2D eigenvalue weighted by molar-refractivity contribution is 7.99. The Labute approximate surface area is 136 Å². The molecule has 23 heavy (non-hydrogen) atoms. The Hall–Kier alpha value is -2.15. The van der Waals surface area contributed by atoms with Gasteiger partial charge in [0.15, 0.2) is 10.8 Å². The van der Waals surface area contributed by atoms with Crippen molar-refractivity contribution >= 4 is 22.8 Å². The third-order valence-corrected chi connectivity index (χ3v) is 4.43. The van der Waals surface area contributed by atoms with Crippen molar-refractivity contribution in [3.05, 3.63) is 46.6 Å². The van der Waals surface area contributed by atoms with E-state index in [-0.39, 0.29) is 11.4 Å². The van der Waals surface area contributed by atoms with Crippen LogP contribution in [0.3, 0.4) is 0 Å². The fourth-order valence-electron chi connectivity index (χ4n) is 2.26. The third kappa shape index (κ3) is 3.44. The van der Waals surface area contributed by atoms with Crippen LogP contribution in [0.25, 0.3) is 16.7 Å². The van der Waals surface area contributed by atoms with Gasteiger partial charge >= 0.3 is 0 Å². The number of hydrogen-bond acceptors (Lipinski definition) is 4. The van der Waals surface area contributed by atoms with Crippen LogP contribution in [0.4, 0.5) is 4.39 Å². The number of halogens is 1. The quantitative estimate of drug-likeness (QED) is 0.426. The molecule has 3 rings (SSSR count). The minimum atomic E-state index is -0.316. The van der Waals surface area contributed by atoms with E-state index in [2.05, 4.69) is 22.0 Å². The molecule has 0 atom stereocenters. The number of unbranched alkanes of at least 4 members (excludes halogenated alkanes) is 2. The highest BCUT2D eigenvalue weighted by Crippen LogP contribution is 2.19. The molecule has 0 spiro atoms. The smallest absolute Gasteiger partial charge is 0.262 e. The van der Waals surface area contributed by atoms with Gasteiger partial charge in [0.1, 0.15) is 11.2 Å². The largest absolute Gasteiger partial charge is 0.301 e. The molecule has 7 heteroatoms. The molecule has 0 aliphatic carbocycles. The van der Waals surface area contributed by atoms with Gasteiger partial charge in [-0.15, -0.1) is 0 Å². The summed E-state index contributed by atoms with van der Waals surface area (Å²) in [7, 11) is 0. The number of benzene rings is 1. The second-order valence-corrected chi connectivity index (χ2v) is 6.28. The minimum Gasteiger partial charge on any atom is -0.301 e. The summed E-state index contributed by atoms with van der Waals surface area (Å²) in [6.45, 7) is 2.15. The molecule has 120 valence electrons. The molecule has 0 amide bonds. The van der Waals surface area contributed by atoms with Crippen LogP contribution in [-0.2, 0) is 0 Å². The minimum absolute atomic E-state index is 0.207. The maximum atomic E-state index is 13.1. The van der Waals surface area contributed by atoms with Crippen LogP contribution in [0.15, 0.2) is 40.4 Å². The zero-order valence-electron chi connectivity index (χ0n) is 12.8. The van der Waals surface area contributed by atoms with Gasteiger partial charge in [0.25, 0.3) is 5.56 Å². The van der Waals surface area contributed by atoms with E-state index in [0.29, 0.717) is 21.9 Å². The number of aromatic amines is 1. The van der Waals surface area contributed by atoms with Gasteiger partial charge in [-0.3, -0.25) is 4.79 Å². The number of aromatic nitrogens is 4. The Bertz CT molecular complexity index is 857. The molecule has 0 bridgehead atoms. The van der Waals surface area contributed by atoms with Crippen LogP contribution in [-0.4, -0.2) is 25.5 Å². The average Bonchev–Trinajstić information content (AvgIpc) is 2.97. The molecule has 2 aromatic heterocycles. The van der Waals surface area contributed by atoms with Crippen molar-refractivity contribution in [3.8, 4) is 5.69 Å². The van der Waals surface area contributed by atoms with Crippen molar-refractivity contribution in [2.75, 3.05) is 5.75 Å². The van der Waals surface area contributed by atoms with Crippen molar-refractivity contribution in [1.82, 2.24) is 19.7 Å². The lowest BCUT2D eigenvalue weighted by Crippen LogP contribution is -2.10. The van der Waals surface area contributed by atoms with Crippen molar-refractivity contribution in [2.24, 2.45) is 0 Å². The number of H-pyrrole nitrogens is 1. The normalized spacial score (nSPS) is 11.2. The van der Waals surface area contributed by atoms with Gasteiger partial charge in [0.2, 0.25) is 0 Å². The summed E-state index contributed by atoms with van der Waals surface area (Å²) in [5.74, 6) is 0.593. The monoisotopic (exact) mass is 332 g/mol. The first-order valence-corrected chi connectivity index (χ1v) is 8.54. The zero-order chi connectivity index (χ0) is 16.2. The van der Waals surface area contributed by atoms with Gasteiger partial charge in [0, 0.05) is 5.75 Å². The molecule has 1 N–H and O–H groups in total. The number of nitrogens with one attached hydrogen (secondary N) is 1. The number of thioether (sulfide) groups is 1. The molecule has 2 heterocycles. The second kappa shape index (κ2) is 6.95. The van der Waals surface area contributed by atoms with Gasteiger partial charge in [-0.1, -0.05) is 31.5 Å². The highest BCUT2D eigenvalue weighted by Gasteiger charge is 2.11. The van der Waals surface area contributed by atoms with E-state index in [1.54, 1.807) is 16.8 Å². The summed E-state index contributed by atoms with van der Waals surface area (Å²) < 4.78 is 14.6. The lowest BCUT2D eigenvalue weighted by Gasteiger charge is -2.04. The summed E-state index contributed by atoms with van der Waals surface area (Å²) in [4.78, 5) is 19.5. The summed E-state index contributed by atoms with van der Waals surface area (Å²) in [6, 6.07) is 5.93. The van der Waals surface area contributed by atoms with Crippen LogP contribution in [0.1, 0.15) is 26.2 Å². The van der Waals surface area contributed by atoms with Crippen LogP contribution in [0.5, 0.6) is 0 Å². The summed E-state index contributed by atoms with van der Waals surface area (Å²) in [5.41, 5.74) is 0.945. The van der Waals surface area contributed by atoms with Crippen molar-refractivity contribution in [1.29, 1.82) is 0 Å². The predicted molar refractivity (Wildman–Crippen MR) is 89.7 cm³/mol. The van der Waals surface area contributed by atoms with E-state index >= 15 is 0 Å². The van der Waals surface area contributed by atoms with Crippen LogP contribution >= 0.6 is 11.8 Å². The third-order valence-electron chi connectivity index (χ3n) is 3.47. The Morgan fingerprint density at radius 1 is 1.26 bits per heavy atom. The first-order chi connectivity index (χ1) is 11.2. The highest BCUT2D eigenvalue weighted by atomic mass is 32.2. The Morgan fingerprint density at radius 2 is 2.04 bits per heavy atom. The van der Waals surface area contributed by atoms with E-state index in [0.717, 1.165) is 25.0 Å². The van der Waals surface area contributed by atoms with Gasteiger partial charge in [-0.25, -0.2) is 14.1 Å². The SMILES string of the molecule is CCCCCSc1nc2c(cnn2-c2ccc(F)cc2)c(=O)[nH]1. The van der Waals surface area contributed by atoms with E-state index in [1.165, 1.54) is 30.1 Å². The van der Waals surface area contributed by atoms with Crippen LogP contribution in [0.2, 0.25) is 0 Å². The number of fused-ring (bicyclic) bond motifs is 1. The molecule has 0 radical (unpaired) electrons. The first kappa shape index (κ1) is 15.7. The molecule has 0 aliphatic rings. The van der Waals surface area contributed by atoms with Crippen molar-refractivity contribution < 1.29 is 4.39 Å². The van der Waals surface area contributed by atoms with Crippen molar-refractivity contribution in [2.45, 2.75) is 31.3 Å². The molecule has 3 aromatic rings. The number of rotatable bonds is 6. The van der Waals surface area contributed by atoms with E-state index in [9.17, 15) is 9.18 Å². The molecule has 0 unspecified atom stereocenters. The zero-order valence-corrected chi connectivity index (χ0v) is 13.6. The second-order valence-electron chi connectivity index (χ2n) is 5.20. The molecule has 0 saturated carbocycles. The van der Waals surface area contributed by atoms with E-state index in [4.69, 9.17) is 0 Å². The lowest BCUT2D eigenvalue weighted by atomic mass is 10.3. The Balaban J connectivity index is 1.95. The summed E-state index contributed by atoms with van der Waals surface area (Å²) >= 11 is 1.53.